The van der Waals surface area contributed by atoms with E-state index in [1.165, 1.54) is 11.1 Å². The van der Waals surface area contributed by atoms with Gasteiger partial charge in [0.15, 0.2) is 5.16 Å². The highest BCUT2D eigenvalue weighted by molar-refractivity contribution is 7.99. The molecule has 0 radical (unpaired) electrons. The van der Waals surface area contributed by atoms with Crippen LogP contribution in [0.4, 0.5) is 0 Å². The number of fused-ring (bicyclic) bond motifs is 1. The molecule has 2 aromatic rings. The van der Waals surface area contributed by atoms with Gasteiger partial charge in [-0.15, -0.1) is 10.2 Å². The number of hydrogen-bond donors (Lipinski definition) is 1. The molecule has 0 saturated carbocycles. The summed E-state index contributed by atoms with van der Waals surface area (Å²) in [6.45, 7) is 0. The molecule has 0 spiro atoms. The molecule has 112 valence electrons. The van der Waals surface area contributed by atoms with Gasteiger partial charge in [-0.3, -0.25) is 0 Å². The quantitative estimate of drug-likeness (QED) is 0.938. The number of rotatable bonds is 4. The molecule has 21 heavy (non-hydrogen) atoms. The van der Waals surface area contributed by atoms with Crippen molar-refractivity contribution < 1.29 is 4.74 Å². The summed E-state index contributed by atoms with van der Waals surface area (Å²) in [6, 6.07) is 6.70. The van der Waals surface area contributed by atoms with Crippen LogP contribution in [-0.2, 0) is 13.5 Å². The van der Waals surface area contributed by atoms with Crippen molar-refractivity contribution in [2.45, 2.75) is 29.3 Å². The highest BCUT2D eigenvalue weighted by Crippen LogP contribution is 2.40. The topological polar surface area (TPSA) is 52.0 Å². The second kappa shape index (κ2) is 6.07. The summed E-state index contributed by atoms with van der Waals surface area (Å²) in [7, 11) is 5.72. The molecule has 1 aromatic heterocycles. The van der Waals surface area contributed by atoms with Crippen LogP contribution in [-0.4, -0.2) is 34.2 Å². The van der Waals surface area contributed by atoms with E-state index in [4.69, 9.17) is 4.74 Å². The van der Waals surface area contributed by atoms with E-state index < -0.39 is 0 Å². The van der Waals surface area contributed by atoms with Gasteiger partial charge < -0.3 is 14.6 Å². The van der Waals surface area contributed by atoms with E-state index in [2.05, 4.69) is 27.6 Å². The Balaban J connectivity index is 1.86. The van der Waals surface area contributed by atoms with Crippen molar-refractivity contribution in [3.63, 3.8) is 0 Å². The average molecular weight is 304 g/mol. The van der Waals surface area contributed by atoms with Crippen LogP contribution >= 0.6 is 11.8 Å². The van der Waals surface area contributed by atoms with Gasteiger partial charge in [-0.25, -0.2) is 0 Å². The summed E-state index contributed by atoms with van der Waals surface area (Å²) in [5.74, 6) is 0.933. The lowest BCUT2D eigenvalue weighted by Gasteiger charge is -2.32. The summed E-state index contributed by atoms with van der Waals surface area (Å²) in [4.78, 5) is 0. The lowest BCUT2D eigenvalue weighted by atomic mass is 9.87. The van der Waals surface area contributed by atoms with Crippen molar-refractivity contribution in [2.75, 3.05) is 14.2 Å². The zero-order valence-electron chi connectivity index (χ0n) is 12.5. The van der Waals surface area contributed by atoms with Crippen LogP contribution in [0.3, 0.4) is 0 Å². The number of nitrogens with zero attached hydrogens (tertiary/aromatic N) is 3. The third kappa shape index (κ3) is 2.78. The van der Waals surface area contributed by atoms with E-state index in [1.54, 1.807) is 25.2 Å². The molecule has 0 fully saturated rings. The smallest absolute Gasteiger partial charge is 0.191 e. The van der Waals surface area contributed by atoms with Gasteiger partial charge in [0.05, 0.1) is 7.11 Å². The minimum atomic E-state index is 0.321. The molecule has 1 N–H and O–H groups in total. The first-order valence-electron chi connectivity index (χ1n) is 7.07. The standard InChI is InChI=1S/C15H20N4OS/c1-16-14-12-6-5-11(20-3)8-10(12)4-7-13(14)21-15-18-17-9-19(15)2/h5-6,8-9,13-14,16H,4,7H2,1-3H3. The maximum absolute atomic E-state index is 5.33. The first-order valence-corrected chi connectivity index (χ1v) is 7.95. The Morgan fingerprint density at radius 1 is 1.43 bits per heavy atom. The zero-order chi connectivity index (χ0) is 14.8. The fourth-order valence-electron chi connectivity index (χ4n) is 2.88. The van der Waals surface area contributed by atoms with Gasteiger partial charge in [-0.2, -0.15) is 0 Å². The zero-order valence-corrected chi connectivity index (χ0v) is 13.4. The maximum Gasteiger partial charge on any atom is 0.191 e. The van der Waals surface area contributed by atoms with Gasteiger partial charge >= 0.3 is 0 Å². The van der Waals surface area contributed by atoms with E-state index in [1.807, 2.05) is 24.7 Å². The van der Waals surface area contributed by atoms with Gasteiger partial charge in [0.25, 0.3) is 0 Å². The first kappa shape index (κ1) is 14.4. The lowest BCUT2D eigenvalue weighted by Crippen LogP contribution is -2.32. The van der Waals surface area contributed by atoms with E-state index in [0.717, 1.165) is 23.7 Å². The van der Waals surface area contributed by atoms with E-state index in [9.17, 15) is 0 Å². The number of nitrogens with one attached hydrogen (secondary N) is 1. The van der Waals surface area contributed by atoms with Crippen molar-refractivity contribution in [2.24, 2.45) is 7.05 Å². The van der Waals surface area contributed by atoms with Gasteiger partial charge in [0.1, 0.15) is 12.1 Å². The van der Waals surface area contributed by atoms with Gasteiger partial charge in [-0.05, 0) is 43.1 Å². The van der Waals surface area contributed by atoms with Gasteiger partial charge in [0.2, 0.25) is 0 Å². The monoisotopic (exact) mass is 304 g/mol. The molecule has 1 aromatic carbocycles. The third-order valence-corrected chi connectivity index (χ3v) is 5.38. The van der Waals surface area contributed by atoms with Crippen LogP contribution in [0.15, 0.2) is 29.7 Å². The maximum atomic E-state index is 5.33. The molecule has 2 unspecified atom stereocenters. The summed E-state index contributed by atoms with van der Waals surface area (Å²) in [5.41, 5.74) is 2.74. The Morgan fingerprint density at radius 2 is 2.29 bits per heavy atom. The molecule has 0 amide bonds. The second-order valence-electron chi connectivity index (χ2n) is 5.25. The predicted molar refractivity (Wildman–Crippen MR) is 83.8 cm³/mol. The number of ether oxygens (including phenoxy) is 1. The second-order valence-corrected chi connectivity index (χ2v) is 6.46. The highest BCUT2D eigenvalue weighted by atomic mass is 32.2. The number of thioether (sulfide) groups is 1. The summed E-state index contributed by atoms with van der Waals surface area (Å²) in [6.07, 6.45) is 3.93. The van der Waals surface area contributed by atoms with Crippen molar-refractivity contribution in [3.8, 4) is 5.75 Å². The summed E-state index contributed by atoms with van der Waals surface area (Å²) in [5, 5.41) is 13.0. The van der Waals surface area contributed by atoms with Crippen molar-refractivity contribution in [3.05, 3.63) is 35.7 Å². The Hall–Kier alpha value is -1.53. The minimum Gasteiger partial charge on any atom is -0.497 e. The van der Waals surface area contributed by atoms with E-state index >= 15 is 0 Å². The van der Waals surface area contributed by atoms with Crippen molar-refractivity contribution in [1.29, 1.82) is 0 Å². The highest BCUT2D eigenvalue weighted by Gasteiger charge is 2.30. The van der Waals surface area contributed by atoms with Gasteiger partial charge in [-0.1, -0.05) is 17.8 Å². The molecule has 1 aliphatic rings. The van der Waals surface area contributed by atoms with Crippen LogP contribution in [0.5, 0.6) is 5.75 Å². The van der Waals surface area contributed by atoms with Crippen LogP contribution < -0.4 is 10.1 Å². The average Bonchev–Trinajstić information content (AvgIpc) is 2.91. The molecule has 1 aliphatic carbocycles. The summed E-state index contributed by atoms with van der Waals surface area (Å²) >= 11 is 1.80. The Labute approximate surface area is 129 Å². The molecule has 0 bridgehead atoms. The molecule has 2 atom stereocenters. The van der Waals surface area contributed by atoms with Gasteiger partial charge in [0, 0.05) is 18.3 Å². The molecule has 0 saturated heterocycles. The number of aryl methyl sites for hydroxylation is 2. The minimum absolute atomic E-state index is 0.321. The SMILES string of the molecule is CNC1c2ccc(OC)cc2CCC1Sc1nncn1C. The molecule has 0 aliphatic heterocycles. The molecular weight excluding hydrogens is 284 g/mol. The Bertz CT molecular complexity index is 628. The molecular formula is C15H20N4OS. The Kier molecular flexibility index (Phi) is 4.17. The lowest BCUT2D eigenvalue weighted by molar-refractivity contribution is 0.412. The van der Waals surface area contributed by atoms with Crippen LogP contribution in [0.1, 0.15) is 23.6 Å². The molecule has 3 rings (SSSR count). The fraction of sp³-hybridized carbons (Fsp3) is 0.467. The number of hydrogen-bond acceptors (Lipinski definition) is 5. The van der Waals surface area contributed by atoms with E-state index in [0.29, 0.717) is 11.3 Å². The normalized spacial score (nSPS) is 21.1. The van der Waals surface area contributed by atoms with Crippen LogP contribution in [0, 0.1) is 0 Å². The van der Waals surface area contributed by atoms with Crippen molar-refractivity contribution in [1.82, 2.24) is 20.1 Å². The predicted octanol–water partition coefficient (Wildman–Crippen LogP) is 2.19. The number of aromatic nitrogens is 3. The van der Waals surface area contributed by atoms with Crippen molar-refractivity contribution >= 4 is 11.8 Å². The number of methoxy groups -OCH3 is 1. The molecule has 6 heteroatoms. The van der Waals surface area contributed by atoms with E-state index in [-0.39, 0.29) is 0 Å². The molecule has 5 nitrogen and oxygen atoms in total. The van der Waals surface area contributed by atoms with Crippen LogP contribution in [0.2, 0.25) is 0 Å². The first-order chi connectivity index (χ1) is 10.2. The van der Waals surface area contributed by atoms with Crippen LogP contribution in [0.25, 0.3) is 0 Å². The number of benzene rings is 1. The largest absolute Gasteiger partial charge is 0.497 e. The Morgan fingerprint density at radius 3 is 2.95 bits per heavy atom. The third-order valence-electron chi connectivity index (χ3n) is 3.99. The summed E-state index contributed by atoms with van der Waals surface area (Å²) < 4.78 is 7.30. The molecule has 1 heterocycles. The fourth-order valence-corrected chi connectivity index (χ4v) is 4.11.